The lowest BCUT2D eigenvalue weighted by atomic mass is 10.2. The summed E-state index contributed by atoms with van der Waals surface area (Å²) in [6, 6.07) is 13.4. The van der Waals surface area contributed by atoms with E-state index in [0.29, 0.717) is 5.56 Å². The number of nitrogens with one attached hydrogen (secondary N) is 1. The number of halogens is 2. The SMILES string of the molecule is N=C(N)c1ccc(Sc2ccc(Cl)cc2)cc1Br. The van der Waals surface area contributed by atoms with Crippen LogP contribution >= 0.6 is 39.3 Å². The molecule has 0 spiro atoms. The summed E-state index contributed by atoms with van der Waals surface area (Å²) in [5, 5.41) is 8.15. The van der Waals surface area contributed by atoms with E-state index in [0.717, 1.165) is 19.3 Å². The van der Waals surface area contributed by atoms with Gasteiger partial charge in [0, 0.05) is 24.8 Å². The van der Waals surface area contributed by atoms with Crippen molar-refractivity contribution in [1.82, 2.24) is 0 Å². The Balaban J connectivity index is 2.22. The zero-order valence-electron chi connectivity index (χ0n) is 9.28. The summed E-state index contributed by atoms with van der Waals surface area (Å²) in [7, 11) is 0. The molecule has 0 aromatic heterocycles. The van der Waals surface area contributed by atoms with E-state index in [1.54, 1.807) is 11.8 Å². The van der Waals surface area contributed by atoms with Gasteiger partial charge in [-0.3, -0.25) is 5.41 Å². The lowest BCUT2D eigenvalue weighted by Crippen LogP contribution is -2.11. The zero-order chi connectivity index (χ0) is 13.1. The smallest absolute Gasteiger partial charge is 0.123 e. The molecule has 0 atom stereocenters. The Hall–Kier alpha value is -0.970. The van der Waals surface area contributed by atoms with Crippen LogP contribution in [-0.4, -0.2) is 5.84 Å². The van der Waals surface area contributed by atoms with Crippen LogP contribution in [0, 0.1) is 5.41 Å². The van der Waals surface area contributed by atoms with Gasteiger partial charge in [-0.25, -0.2) is 0 Å². The molecule has 0 fully saturated rings. The fourth-order valence-electron chi connectivity index (χ4n) is 1.42. The topological polar surface area (TPSA) is 49.9 Å². The molecule has 2 nitrogen and oxygen atoms in total. The first-order valence-corrected chi connectivity index (χ1v) is 7.12. The highest BCUT2D eigenvalue weighted by molar-refractivity contribution is 9.10. The van der Waals surface area contributed by atoms with Crippen LogP contribution in [0.15, 0.2) is 56.7 Å². The summed E-state index contributed by atoms with van der Waals surface area (Å²) < 4.78 is 0.828. The minimum Gasteiger partial charge on any atom is -0.384 e. The van der Waals surface area contributed by atoms with E-state index in [1.807, 2.05) is 42.5 Å². The molecule has 2 aromatic carbocycles. The molecule has 2 rings (SSSR count). The van der Waals surface area contributed by atoms with Crippen molar-refractivity contribution in [2.45, 2.75) is 9.79 Å². The van der Waals surface area contributed by atoms with Gasteiger partial charge in [0.2, 0.25) is 0 Å². The Morgan fingerprint density at radius 3 is 2.28 bits per heavy atom. The van der Waals surface area contributed by atoms with Crippen molar-refractivity contribution in [3.63, 3.8) is 0 Å². The molecule has 0 aliphatic heterocycles. The van der Waals surface area contributed by atoms with E-state index in [9.17, 15) is 0 Å². The highest BCUT2D eigenvalue weighted by Gasteiger charge is 2.05. The average molecular weight is 342 g/mol. The van der Waals surface area contributed by atoms with Gasteiger partial charge in [0.05, 0.1) is 0 Å². The molecule has 0 amide bonds. The summed E-state index contributed by atoms with van der Waals surface area (Å²) in [5.41, 5.74) is 6.17. The van der Waals surface area contributed by atoms with Crippen molar-refractivity contribution in [3.05, 3.63) is 57.5 Å². The molecule has 0 saturated heterocycles. The maximum absolute atomic E-state index is 7.42. The Morgan fingerprint density at radius 2 is 1.72 bits per heavy atom. The van der Waals surface area contributed by atoms with E-state index in [4.69, 9.17) is 22.7 Å². The minimum atomic E-state index is 0.0601. The molecule has 2 aromatic rings. The van der Waals surface area contributed by atoms with Crippen LogP contribution in [-0.2, 0) is 0 Å². The van der Waals surface area contributed by atoms with Crippen LogP contribution in [0.3, 0.4) is 0 Å². The van der Waals surface area contributed by atoms with E-state index in [1.165, 1.54) is 0 Å². The van der Waals surface area contributed by atoms with Crippen molar-refractivity contribution in [2.24, 2.45) is 5.73 Å². The van der Waals surface area contributed by atoms with Gasteiger partial charge in [-0.1, -0.05) is 23.4 Å². The summed E-state index contributed by atoms with van der Waals surface area (Å²) >= 11 is 10.9. The first-order valence-electron chi connectivity index (χ1n) is 5.13. The molecule has 92 valence electrons. The Labute approximate surface area is 123 Å². The van der Waals surface area contributed by atoms with E-state index >= 15 is 0 Å². The van der Waals surface area contributed by atoms with Crippen LogP contribution in [0.4, 0.5) is 0 Å². The van der Waals surface area contributed by atoms with Crippen LogP contribution in [0.5, 0.6) is 0 Å². The first-order chi connectivity index (χ1) is 8.56. The van der Waals surface area contributed by atoms with Gasteiger partial charge in [-0.2, -0.15) is 0 Å². The second kappa shape index (κ2) is 5.78. The maximum Gasteiger partial charge on any atom is 0.123 e. The monoisotopic (exact) mass is 340 g/mol. The summed E-state index contributed by atoms with van der Waals surface area (Å²) in [5.74, 6) is 0.0601. The second-order valence-electron chi connectivity index (χ2n) is 3.61. The Morgan fingerprint density at radius 1 is 1.11 bits per heavy atom. The molecular weight excluding hydrogens is 332 g/mol. The van der Waals surface area contributed by atoms with Gasteiger partial charge in [-0.05, 0) is 58.4 Å². The third-order valence-corrected chi connectivity index (χ3v) is 4.19. The van der Waals surface area contributed by atoms with Crippen molar-refractivity contribution < 1.29 is 0 Å². The van der Waals surface area contributed by atoms with Gasteiger partial charge in [0.15, 0.2) is 0 Å². The average Bonchev–Trinajstić information content (AvgIpc) is 2.32. The number of benzene rings is 2. The predicted octanol–water partition coefficient (Wildman–Crippen LogP) is 4.54. The van der Waals surface area contributed by atoms with Crippen LogP contribution < -0.4 is 5.73 Å². The zero-order valence-corrected chi connectivity index (χ0v) is 12.4. The van der Waals surface area contributed by atoms with Gasteiger partial charge in [0.25, 0.3) is 0 Å². The maximum atomic E-state index is 7.42. The molecule has 0 aliphatic carbocycles. The quantitative estimate of drug-likeness (QED) is 0.636. The molecule has 0 radical (unpaired) electrons. The van der Waals surface area contributed by atoms with Gasteiger partial charge >= 0.3 is 0 Å². The molecule has 18 heavy (non-hydrogen) atoms. The van der Waals surface area contributed by atoms with Crippen molar-refractivity contribution in [2.75, 3.05) is 0 Å². The summed E-state index contributed by atoms with van der Waals surface area (Å²) in [6.07, 6.45) is 0. The summed E-state index contributed by atoms with van der Waals surface area (Å²) in [6.45, 7) is 0. The fourth-order valence-corrected chi connectivity index (χ4v) is 3.14. The lowest BCUT2D eigenvalue weighted by Gasteiger charge is -2.06. The molecule has 0 saturated carbocycles. The van der Waals surface area contributed by atoms with Crippen molar-refractivity contribution in [3.8, 4) is 0 Å². The van der Waals surface area contributed by atoms with Crippen LogP contribution in [0.25, 0.3) is 0 Å². The number of hydrogen-bond acceptors (Lipinski definition) is 2. The largest absolute Gasteiger partial charge is 0.384 e. The Bertz CT molecular complexity index is 584. The van der Waals surface area contributed by atoms with Crippen molar-refractivity contribution >= 4 is 45.1 Å². The van der Waals surface area contributed by atoms with E-state index < -0.39 is 0 Å². The highest BCUT2D eigenvalue weighted by Crippen LogP contribution is 2.31. The molecular formula is C13H10BrClN2S. The summed E-state index contributed by atoms with van der Waals surface area (Å²) in [4.78, 5) is 2.19. The number of hydrogen-bond donors (Lipinski definition) is 2. The molecule has 0 aliphatic rings. The number of nitrogens with two attached hydrogens (primary N) is 1. The molecule has 3 N–H and O–H groups in total. The van der Waals surface area contributed by atoms with Gasteiger partial charge in [0.1, 0.15) is 5.84 Å². The third-order valence-electron chi connectivity index (χ3n) is 2.28. The van der Waals surface area contributed by atoms with Gasteiger partial charge in [-0.15, -0.1) is 0 Å². The number of amidine groups is 1. The standard InChI is InChI=1S/C13H10BrClN2S/c14-12-7-10(5-6-11(12)13(16)17)18-9-3-1-8(15)2-4-9/h1-7H,(H3,16,17). The van der Waals surface area contributed by atoms with Gasteiger partial charge < -0.3 is 5.73 Å². The normalized spacial score (nSPS) is 10.3. The molecule has 0 bridgehead atoms. The van der Waals surface area contributed by atoms with E-state index in [2.05, 4.69) is 15.9 Å². The highest BCUT2D eigenvalue weighted by atomic mass is 79.9. The number of rotatable bonds is 3. The van der Waals surface area contributed by atoms with Crippen LogP contribution in [0.2, 0.25) is 5.02 Å². The number of nitrogen functional groups attached to an aromatic ring is 1. The van der Waals surface area contributed by atoms with Crippen molar-refractivity contribution in [1.29, 1.82) is 5.41 Å². The fraction of sp³-hybridized carbons (Fsp3) is 0. The molecule has 0 unspecified atom stereocenters. The first kappa shape index (κ1) is 13.5. The van der Waals surface area contributed by atoms with E-state index in [-0.39, 0.29) is 5.84 Å². The Kier molecular flexibility index (Phi) is 4.32. The molecule has 0 heterocycles. The predicted molar refractivity (Wildman–Crippen MR) is 80.7 cm³/mol. The minimum absolute atomic E-state index is 0.0601. The third kappa shape index (κ3) is 3.28. The van der Waals surface area contributed by atoms with Crippen LogP contribution in [0.1, 0.15) is 5.56 Å². The second-order valence-corrected chi connectivity index (χ2v) is 6.05. The lowest BCUT2D eigenvalue weighted by molar-refractivity contribution is 1.35. The molecule has 5 heteroatoms.